The Morgan fingerprint density at radius 3 is 3.21 bits per heavy atom. The van der Waals surface area contributed by atoms with Crippen molar-refractivity contribution in [2.45, 2.75) is 25.5 Å². The summed E-state index contributed by atoms with van der Waals surface area (Å²) in [4.78, 5) is 13.1. The first-order chi connectivity index (χ1) is 6.72. The predicted octanol–water partition coefficient (Wildman–Crippen LogP) is -0.0753. The zero-order valence-electron chi connectivity index (χ0n) is 8.27. The van der Waals surface area contributed by atoms with E-state index in [2.05, 4.69) is 4.90 Å². The Morgan fingerprint density at radius 2 is 2.57 bits per heavy atom. The lowest BCUT2D eigenvalue weighted by molar-refractivity contribution is -0.146. The van der Waals surface area contributed by atoms with Crippen molar-refractivity contribution in [3.8, 4) is 0 Å². The highest BCUT2D eigenvalue weighted by Gasteiger charge is 2.40. The first-order valence-corrected chi connectivity index (χ1v) is 4.93. The summed E-state index contributed by atoms with van der Waals surface area (Å²) in [6.07, 6.45) is 2.84. The lowest BCUT2D eigenvalue weighted by atomic mass is 10.1. The highest BCUT2D eigenvalue weighted by Crippen LogP contribution is 2.30. The van der Waals surface area contributed by atoms with Gasteiger partial charge in [0, 0.05) is 20.0 Å². The number of nitrogens with zero attached hydrogens (tertiary/aromatic N) is 1. The molecule has 4 nitrogen and oxygen atoms in total. The van der Waals surface area contributed by atoms with Crippen molar-refractivity contribution in [2.24, 2.45) is 0 Å². The van der Waals surface area contributed by atoms with Gasteiger partial charge in [-0.05, 0) is 12.0 Å². The van der Waals surface area contributed by atoms with Crippen molar-refractivity contribution in [1.29, 1.82) is 0 Å². The van der Waals surface area contributed by atoms with Crippen LogP contribution in [0.25, 0.3) is 0 Å². The van der Waals surface area contributed by atoms with E-state index in [0.717, 1.165) is 25.1 Å². The molecular formula is C10H15NO3. The van der Waals surface area contributed by atoms with E-state index in [1.165, 1.54) is 6.92 Å². The molecule has 0 aromatic carbocycles. The van der Waals surface area contributed by atoms with Gasteiger partial charge in [-0.25, -0.2) is 0 Å². The maximum absolute atomic E-state index is 10.9. The van der Waals surface area contributed by atoms with Crippen LogP contribution in [0.1, 0.15) is 13.3 Å². The van der Waals surface area contributed by atoms with Gasteiger partial charge in [0.05, 0.1) is 12.6 Å². The molecule has 0 amide bonds. The van der Waals surface area contributed by atoms with Crippen LogP contribution in [0.2, 0.25) is 0 Å². The van der Waals surface area contributed by atoms with Crippen molar-refractivity contribution >= 4 is 5.97 Å². The van der Waals surface area contributed by atoms with Crippen LogP contribution in [-0.2, 0) is 9.53 Å². The Morgan fingerprint density at radius 1 is 1.79 bits per heavy atom. The second-order valence-corrected chi connectivity index (χ2v) is 3.81. The lowest BCUT2D eigenvalue weighted by Crippen LogP contribution is -2.35. The maximum Gasteiger partial charge on any atom is 0.302 e. The summed E-state index contributed by atoms with van der Waals surface area (Å²) in [6, 6.07) is 0.129. The van der Waals surface area contributed by atoms with E-state index in [0.29, 0.717) is 0 Å². The third kappa shape index (κ3) is 1.55. The summed E-state index contributed by atoms with van der Waals surface area (Å²) < 4.78 is 5.22. The Balaban J connectivity index is 2.07. The molecule has 0 bridgehead atoms. The summed E-state index contributed by atoms with van der Waals surface area (Å²) in [5.41, 5.74) is 0.994. The quantitative estimate of drug-likeness (QED) is 0.497. The largest absolute Gasteiger partial charge is 0.460 e. The average Bonchev–Trinajstić information content (AvgIpc) is 2.67. The molecule has 1 saturated heterocycles. The standard InChI is InChI=1S/C10H15NO3/c1-7(13)14-9-3-5-11-4-2-8(6-12)10(9)11/h2,9-10,12H,3-6H2,1H3. The van der Waals surface area contributed by atoms with Gasteiger partial charge in [-0.15, -0.1) is 0 Å². The van der Waals surface area contributed by atoms with Crippen molar-refractivity contribution < 1.29 is 14.6 Å². The van der Waals surface area contributed by atoms with Gasteiger partial charge >= 0.3 is 5.97 Å². The summed E-state index contributed by atoms with van der Waals surface area (Å²) in [6.45, 7) is 3.32. The molecule has 4 heteroatoms. The highest BCUT2D eigenvalue weighted by molar-refractivity contribution is 5.66. The predicted molar refractivity (Wildman–Crippen MR) is 50.7 cm³/mol. The Kier molecular flexibility index (Phi) is 2.56. The van der Waals surface area contributed by atoms with Gasteiger partial charge in [0.1, 0.15) is 6.10 Å². The Bertz CT molecular complexity index is 275. The minimum Gasteiger partial charge on any atom is -0.460 e. The molecule has 1 N–H and O–H groups in total. The molecule has 2 atom stereocenters. The first kappa shape index (κ1) is 9.68. The number of carbonyl (C=O) groups excluding carboxylic acids is 1. The molecule has 2 aliphatic heterocycles. The SMILES string of the molecule is CC(=O)OC1CCN2CC=C(CO)C12. The normalized spacial score (nSPS) is 31.4. The second kappa shape index (κ2) is 3.71. The molecule has 78 valence electrons. The third-order valence-electron chi connectivity index (χ3n) is 2.91. The fourth-order valence-corrected chi connectivity index (χ4v) is 2.35. The molecule has 14 heavy (non-hydrogen) atoms. The minimum absolute atomic E-state index is 0.0617. The van der Waals surface area contributed by atoms with Crippen molar-refractivity contribution in [3.63, 3.8) is 0 Å². The second-order valence-electron chi connectivity index (χ2n) is 3.81. The van der Waals surface area contributed by atoms with Crippen LogP contribution in [0.4, 0.5) is 0 Å². The fraction of sp³-hybridized carbons (Fsp3) is 0.700. The molecule has 0 saturated carbocycles. The van der Waals surface area contributed by atoms with Crippen molar-refractivity contribution in [3.05, 3.63) is 11.6 Å². The van der Waals surface area contributed by atoms with Crippen LogP contribution in [-0.4, -0.2) is 47.8 Å². The molecule has 2 rings (SSSR count). The molecule has 0 spiro atoms. The number of aliphatic hydroxyl groups excluding tert-OH is 1. The van der Waals surface area contributed by atoms with E-state index >= 15 is 0 Å². The number of ether oxygens (including phenoxy) is 1. The number of hydrogen-bond acceptors (Lipinski definition) is 4. The Labute approximate surface area is 83.2 Å². The molecule has 2 aliphatic rings. The minimum atomic E-state index is -0.235. The number of fused-ring (bicyclic) bond motifs is 1. The van der Waals surface area contributed by atoms with Crippen LogP contribution in [0.3, 0.4) is 0 Å². The molecule has 0 aromatic rings. The van der Waals surface area contributed by atoms with Gasteiger partial charge in [0.2, 0.25) is 0 Å². The zero-order valence-corrected chi connectivity index (χ0v) is 8.27. The topological polar surface area (TPSA) is 49.8 Å². The molecule has 2 unspecified atom stereocenters. The van der Waals surface area contributed by atoms with Crippen molar-refractivity contribution in [2.75, 3.05) is 19.7 Å². The highest BCUT2D eigenvalue weighted by atomic mass is 16.5. The van der Waals surface area contributed by atoms with Crippen LogP contribution in [0.15, 0.2) is 11.6 Å². The third-order valence-corrected chi connectivity index (χ3v) is 2.91. The van der Waals surface area contributed by atoms with Gasteiger partial charge in [0.15, 0.2) is 0 Å². The lowest BCUT2D eigenvalue weighted by Gasteiger charge is -2.22. The Hall–Kier alpha value is -0.870. The van der Waals surface area contributed by atoms with Gasteiger partial charge in [-0.1, -0.05) is 6.08 Å². The number of carbonyl (C=O) groups is 1. The van der Waals surface area contributed by atoms with E-state index in [4.69, 9.17) is 9.84 Å². The van der Waals surface area contributed by atoms with E-state index in [9.17, 15) is 4.79 Å². The molecule has 1 fully saturated rings. The van der Waals surface area contributed by atoms with Crippen LogP contribution < -0.4 is 0 Å². The van der Waals surface area contributed by atoms with E-state index in [1.807, 2.05) is 6.08 Å². The van der Waals surface area contributed by atoms with Gasteiger partial charge in [-0.2, -0.15) is 0 Å². The number of hydrogen-bond donors (Lipinski definition) is 1. The summed E-state index contributed by atoms with van der Waals surface area (Å²) in [5.74, 6) is -0.235. The van der Waals surface area contributed by atoms with Gasteiger partial charge in [-0.3, -0.25) is 9.69 Å². The van der Waals surface area contributed by atoms with Crippen LogP contribution in [0, 0.1) is 0 Å². The van der Waals surface area contributed by atoms with Gasteiger partial charge in [0.25, 0.3) is 0 Å². The monoisotopic (exact) mass is 197 g/mol. The molecule has 2 heterocycles. The van der Waals surface area contributed by atoms with Crippen molar-refractivity contribution in [1.82, 2.24) is 4.90 Å². The summed E-state index contributed by atoms with van der Waals surface area (Å²) in [7, 11) is 0. The fourth-order valence-electron chi connectivity index (χ4n) is 2.35. The maximum atomic E-state index is 10.9. The number of rotatable bonds is 2. The van der Waals surface area contributed by atoms with E-state index < -0.39 is 0 Å². The summed E-state index contributed by atoms with van der Waals surface area (Å²) in [5, 5.41) is 9.13. The molecule has 0 aliphatic carbocycles. The van der Waals surface area contributed by atoms with E-state index in [1.54, 1.807) is 0 Å². The average molecular weight is 197 g/mol. The zero-order chi connectivity index (χ0) is 10.1. The van der Waals surface area contributed by atoms with E-state index in [-0.39, 0.29) is 24.7 Å². The number of esters is 1. The summed E-state index contributed by atoms with van der Waals surface area (Å²) >= 11 is 0. The molecule has 0 radical (unpaired) electrons. The first-order valence-electron chi connectivity index (χ1n) is 4.93. The number of aliphatic hydroxyl groups is 1. The van der Waals surface area contributed by atoms with Crippen LogP contribution >= 0.6 is 0 Å². The molecular weight excluding hydrogens is 182 g/mol. The van der Waals surface area contributed by atoms with Gasteiger partial charge < -0.3 is 9.84 Å². The molecule has 0 aromatic heterocycles. The van der Waals surface area contributed by atoms with Crippen LogP contribution in [0.5, 0.6) is 0 Å². The smallest absolute Gasteiger partial charge is 0.302 e.